The molecule has 1 amide bonds. The number of fused-ring (bicyclic) bond motifs is 3. The number of nitrogens with one attached hydrogen (secondary N) is 2. The Hall–Kier alpha value is -3.49. The lowest BCUT2D eigenvalue weighted by Gasteiger charge is -2.41. The number of halogens is 5. The number of alkyl halides is 5. The first kappa shape index (κ1) is 27.5. The molecular weight excluding hydrogens is 519 g/mol. The smallest absolute Gasteiger partial charge is 0.418 e. The van der Waals surface area contributed by atoms with Crippen LogP contribution in [0.5, 0.6) is 5.75 Å². The molecule has 1 saturated heterocycles. The molecule has 0 aromatic carbocycles. The van der Waals surface area contributed by atoms with Crippen LogP contribution in [-0.2, 0) is 15.7 Å². The van der Waals surface area contributed by atoms with Gasteiger partial charge in [-0.15, -0.1) is 0 Å². The van der Waals surface area contributed by atoms with Crippen LogP contribution < -0.4 is 20.5 Å². The van der Waals surface area contributed by atoms with Crippen LogP contribution in [0.4, 0.5) is 33.5 Å². The van der Waals surface area contributed by atoms with Crippen LogP contribution in [0.3, 0.4) is 0 Å². The maximum Gasteiger partial charge on any atom is 0.418 e. The maximum atomic E-state index is 13.2. The second kappa shape index (κ2) is 11.5. The quantitative estimate of drug-likeness (QED) is 0.384. The minimum absolute atomic E-state index is 0.0785. The van der Waals surface area contributed by atoms with Crippen molar-refractivity contribution in [2.45, 2.75) is 44.5 Å². The zero-order valence-corrected chi connectivity index (χ0v) is 20.4. The van der Waals surface area contributed by atoms with Gasteiger partial charge in [-0.3, -0.25) is 9.59 Å². The Morgan fingerprint density at radius 2 is 2.11 bits per heavy atom. The summed E-state index contributed by atoms with van der Waals surface area (Å²) in [5, 5.41) is 8.27. The van der Waals surface area contributed by atoms with Crippen molar-refractivity contribution in [3.63, 3.8) is 0 Å². The van der Waals surface area contributed by atoms with Crippen LogP contribution in [0, 0.1) is 0 Å². The molecule has 0 bridgehead atoms. The summed E-state index contributed by atoms with van der Waals surface area (Å²) < 4.78 is 76.5. The number of nitrogens with zero attached hydrogens (tertiary/aromatic N) is 4. The van der Waals surface area contributed by atoms with E-state index < -0.39 is 35.3 Å². The third-order valence-electron chi connectivity index (χ3n) is 6.32. The summed E-state index contributed by atoms with van der Waals surface area (Å²) in [5.74, 6) is 0.271. The fourth-order valence-electron chi connectivity index (χ4n) is 4.45. The zero-order chi connectivity index (χ0) is 27.4. The molecule has 4 rings (SSSR count). The van der Waals surface area contributed by atoms with Crippen molar-refractivity contribution in [1.29, 1.82) is 0 Å². The second-order valence-electron chi connectivity index (χ2n) is 9.07. The first-order chi connectivity index (χ1) is 18.0. The molecule has 2 N–H and O–H groups in total. The zero-order valence-electron chi connectivity index (χ0n) is 20.4. The van der Waals surface area contributed by atoms with Gasteiger partial charge < -0.3 is 24.6 Å². The van der Waals surface area contributed by atoms with Crippen LogP contribution in [-0.4, -0.2) is 77.5 Å². The predicted octanol–water partition coefficient (Wildman–Crippen LogP) is 2.83. The number of H-pyrrole nitrogens is 1. The average Bonchev–Trinajstić information content (AvgIpc) is 3.04. The summed E-state index contributed by atoms with van der Waals surface area (Å²) >= 11 is 0. The molecule has 2 aromatic rings. The maximum absolute atomic E-state index is 13.2. The van der Waals surface area contributed by atoms with E-state index in [0.717, 1.165) is 18.5 Å². The monoisotopic (exact) mass is 546 g/mol. The Balaban J connectivity index is 1.26. The summed E-state index contributed by atoms with van der Waals surface area (Å²) in [6, 6.07) is 0.358. The normalized spacial score (nSPS) is 18.3. The van der Waals surface area contributed by atoms with Gasteiger partial charge in [0.25, 0.3) is 12.0 Å². The van der Waals surface area contributed by atoms with Crippen molar-refractivity contribution in [1.82, 2.24) is 20.1 Å². The van der Waals surface area contributed by atoms with Crippen molar-refractivity contribution in [2.75, 3.05) is 49.7 Å². The molecule has 1 fully saturated rings. The standard InChI is InChI=1S/C23H27F5N6O4/c1-13(31-16-10-30-32-22(36)19(16)20(24)25)12-37-6-3-18(35)33-4-5-34-15(11-33)2-7-38-17-8-14(23(26,27)28)9-29-21(17)34/h8-10,13,15,20H,2-7,11-12H2,1H3,(H2,31,32,36)/t13-,15+/m0/s1. The highest BCUT2D eigenvalue weighted by Gasteiger charge is 2.36. The van der Waals surface area contributed by atoms with E-state index >= 15 is 0 Å². The van der Waals surface area contributed by atoms with E-state index in [0.29, 0.717) is 31.9 Å². The number of hydrogen-bond donors (Lipinski definition) is 2. The molecule has 2 atom stereocenters. The van der Waals surface area contributed by atoms with Crippen molar-refractivity contribution in [3.05, 3.63) is 39.9 Å². The number of amides is 1. The van der Waals surface area contributed by atoms with Crippen molar-refractivity contribution in [3.8, 4) is 5.75 Å². The Bertz CT molecular complexity index is 1190. The summed E-state index contributed by atoms with van der Waals surface area (Å²) in [7, 11) is 0. The number of rotatable bonds is 8. The number of aromatic nitrogens is 3. The molecule has 10 nitrogen and oxygen atoms in total. The lowest BCUT2D eigenvalue weighted by molar-refractivity contribution is -0.138. The lowest BCUT2D eigenvalue weighted by atomic mass is 10.1. The van der Waals surface area contributed by atoms with E-state index in [-0.39, 0.29) is 49.6 Å². The largest absolute Gasteiger partial charge is 0.490 e. The number of pyridine rings is 1. The molecule has 208 valence electrons. The summed E-state index contributed by atoms with van der Waals surface area (Å²) in [6.07, 6.45) is -5.00. The number of carbonyl (C=O) groups is 1. The molecule has 4 heterocycles. The van der Waals surface area contributed by atoms with Gasteiger partial charge in [0, 0.05) is 38.3 Å². The van der Waals surface area contributed by atoms with E-state index in [1.165, 1.54) is 0 Å². The fourth-order valence-corrected chi connectivity index (χ4v) is 4.45. The highest BCUT2D eigenvalue weighted by atomic mass is 19.4. The number of carbonyl (C=O) groups excluding carboxylic acids is 1. The van der Waals surface area contributed by atoms with E-state index in [1.54, 1.807) is 11.8 Å². The van der Waals surface area contributed by atoms with Gasteiger partial charge in [-0.05, 0) is 13.0 Å². The van der Waals surface area contributed by atoms with E-state index in [9.17, 15) is 31.5 Å². The number of hydrogen-bond acceptors (Lipinski definition) is 8. The van der Waals surface area contributed by atoms with Gasteiger partial charge in [-0.1, -0.05) is 0 Å². The fraction of sp³-hybridized carbons (Fsp3) is 0.565. The van der Waals surface area contributed by atoms with Crippen LogP contribution >= 0.6 is 0 Å². The average molecular weight is 546 g/mol. The first-order valence-corrected chi connectivity index (χ1v) is 12.0. The summed E-state index contributed by atoms with van der Waals surface area (Å²) in [5.41, 5.74) is -2.65. The highest BCUT2D eigenvalue weighted by Crippen LogP contribution is 2.38. The van der Waals surface area contributed by atoms with Gasteiger partial charge in [-0.25, -0.2) is 18.9 Å². The van der Waals surface area contributed by atoms with Gasteiger partial charge in [0.1, 0.15) is 5.56 Å². The van der Waals surface area contributed by atoms with Crippen LogP contribution in [0.2, 0.25) is 0 Å². The molecule has 38 heavy (non-hydrogen) atoms. The van der Waals surface area contributed by atoms with Gasteiger partial charge in [-0.2, -0.15) is 18.3 Å². The molecule has 2 aromatic heterocycles. The van der Waals surface area contributed by atoms with Crippen LogP contribution in [0.15, 0.2) is 23.3 Å². The van der Waals surface area contributed by atoms with Crippen molar-refractivity contribution in [2.24, 2.45) is 0 Å². The summed E-state index contributed by atoms with van der Waals surface area (Å²) in [4.78, 5) is 31.9. The predicted molar refractivity (Wildman–Crippen MR) is 125 cm³/mol. The molecule has 0 radical (unpaired) electrons. The highest BCUT2D eigenvalue weighted by molar-refractivity contribution is 5.76. The van der Waals surface area contributed by atoms with Crippen LogP contribution in [0.1, 0.15) is 37.3 Å². The Labute approximate surface area is 214 Å². The van der Waals surface area contributed by atoms with E-state index in [1.807, 2.05) is 10.00 Å². The first-order valence-electron chi connectivity index (χ1n) is 12.0. The summed E-state index contributed by atoms with van der Waals surface area (Å²) in [6.45, 7) is 3.19. The van der Waals surface area contributed by atoms with Crippen molar-refractivity contribution >= 4 is 17.4 Å². The SMILES string of the molecule is C[C@@H](COCCC(=O)N1CCN2c3ncc(C(F)(F)F)cc3OCC[C@@H]2C1)Nc1cn[nH]c(=O)c1C(F)F. The van der Waals surface area contributed by atoms with Crippen molar-refractivity contribution < 1.29 is 36.2 Å². The number of ether oxygens (including phenoxy) is 2. The lowest BCUT2D eigenvalue weighted by Crippen LogP contribution is -2.55. The molecule has 0 saturated carbocycles. The Morgan fingerprint density at radius 3 is 2.84 bits per heavy atom. The van der Waals surface area contributed by atoms with Gasteiger partial charge in [0.05, 0.1) is 49.7 Å². The number of piperazine rings is 1. The minimum Gasteiger partial charge on any atom is -0.490 e. The number of aromatic amines is 1. The minimum atomic E-state index is -4.52. The second-order valence-corrected chi connectivity index (χ2v) is 9.07. The van der Waals surface area contributed by atoms with Gasteiger partial charge in [0.2, 0.25) is 5.91 Å². The molecule has 2 aliphatic rings. The van der Waals surface area contributed by atoms with Gasteiger partial charge in [0.15, 0.2) is 11.6 Å². The Morgan fingerprint density at radius 1 is 1.32 bits per heavy atom. The van der Waals surface area contributed by atoms with E-state index in [2.05, 4.69) is 15.4 Å². The molecule has 0 unspecified atom stereocenters. The Kier molecular flexibility index (Phi) is 8.33. The van der Waals surface area contributed by atoms with E-state index in [4.69, 9.17) is 9.47 Å². The molecule has 15 heteroatoms. The van der Waals surface area contributed by atoms with Gasteiger partial charge >= 0.3 is 6.18 Å². The number of anilines is 2. The molecule has 0 aliphatic carbocycles. The molecular formula is C23H27F5N6O4. The molecule has 0 spiro atoms. The van der Waals surface area contributed by atoms with Crippen LogP contribution in [0.25, 0.3) is 0 Å². The third kappa shape index (κ3) is 6.31. The topological polar surface area (TPSA) is 113 Å². The third-order valence-corrected chi connectivity index (χ3v) is 6.32. The molecule has 2 aliphatic heterocycles.